The van der Waals surface area contributed by atoms with Crippen molar-refractivity contribution in [3.05, 3.63) is 35.4 Å². The molecule has 2 rings (SSSR count). The van der Waals surface area contributed by atoms with E-state index in [1.165, 1.54) is 6.07 Å². The first-order valence-corrected chi connectivity index (χ1v) is 6.96. The molecule has 1 unspecified atom stereocenters. The fraction of sp³-hybridized carbons (Fsp3) is 0.400. The molecule has 7 heteroatoms. The van der Waals surface area contributed by atoms with Crippen LogP contribution >= 0.6 is 0 Å². The molecule has 1 atom stereocenters. The van der Waals surface area contributed by atoms with Gasteiger partial charge in [-0.2, -0.15) is 0 Å². The third-order valence-electron chi connectivity index (χ3n) is 3.54. The quantitative estimate of drug-likeness (QED) is 0.842. The molecule has 1 aliphatic heterocycles. The summed E-state index contributed by atoms with van der Waals surface area (Å²) in [5.41, 5.74) is 0.431. The molecule has 1 fully saturated rings. The fourth-order valence-electron chi connectivity index (χ4n) is 2.26. The lowest BCUT2D eigenvalue weighted by molar-refractivity contribution is -0.138. The van der Waals surface area contributed by atoms with Gasteiger partial charge in [-0.1, -0.05) is 6.07 Å². The van der Waals surface area contributed by atoms with Crippen LogP contribution in [0.2, 0.25) is 0 Å². The van der Waals surface area contributed by atoms with Crippen LogP contribution in [0.15, 0.2) is 18.2 Å². The van der Waals surface area contributed by atoms with E-state index in [4.69, 9.17) is 0 Å². The Labute approximate surface area is 126 Å². The smallest absolute Gasteiger partial charge is 0.229 e. The lowest BCUT2D eigenvalue weighted by atomic mass is 10.1. The number of nitrogens with one attached hydrogen (secondary N) is 1. The standard InChI is InChI=1S/C15H16F2N2O3/c1-9(10-2-3-11(16)12(17)8-10)18-13(20)6-7-19-14(21)4-5-15(19)22/h2-3,8-9H,4-7H2,1H3,(H,18,20). The molecule has 0 aliphatic carbocycles. The van der Waals surface area contributed by atoms with Crippen molar-refractivity contribution in [3.63, 3.8) is 0 Å². The van der Waals surface area contributed by atoms with Crippen molar-refractivity contribution in [2.45, 2.75) is 32.2 Å². The molecule has 0 radical (unpaired) electrons. The van der Waals surface area contributed by atoms with Crippen molar-refractivity contribution >= 4 is 17.7 Å². The van der Waals surface area contributed by atoms with Crippen LogP contribution < -0.4 is 5.32 Å². The number of likely N-dealkylation sites (tertiary alicyclic amines) is 1. The van der Waals surface area contributed by atoms with Gasteiger partial charge in [0.15, 0.2) is 11.6 Å². The first-order chi connectivity index (χ1) is 10.4. The van der Waals surface area contributed by atoms with Gasteiger partial charge in [-0.3, -0.25) is 19.3 Å². The number of hydrogen-bond acceptors (Lipinski definition) is 3. The van der Waals surface area contributed by atoms with E-state index in [0.717, 1.165) is 17.0 Å². The Kier molecular flexibility index (Phi) is 4.85. The van der Waals surface area contributed by atoms with Gasteiger partial charge in [0, 0.05) is 25.8 Å². The first-order valence-electron chi connectivity index (χ1n) is 6.96. The van der Waals surface area contributed by atoms with Crippen molar-refractivity contribution < 1.29 is 23.2 Å². The molecule has 1 aromatic rings. The van der Waals surface area contributed by atoms with Crippen molar-refractivity contribution in [2.75, 3.05) is 6.54 Å². The number of benzene rings is 1. The van der Waals surface area contributed by atoms with E-state index in [0.29, 0.717) is 5.56 Å². The van der Waals surface area contributed by atoms with Crippen LogP contribution in [-0.2, 0) is 14.4 Å². The Morgan fingerprint density at radius 3 is 2.45 bits per heavy atom. The fourth-order valence-corrected chi connectivity index (χ4v) is 2.26. The third kappa shape index (κ3) is 3.66. The number of carbonyl (C=O) groups is 3. The molecule has 0 bridgehead atoms. The van der Waals surface area contributed by atoms with Gasteiger partial charge in [-0.05, 0) is 24.6 Å². The highest BCUT2D eigenvalue weighted by molar-refractivity contribution is 6.02. The van der Waals surface area contributed by atoms with Gasteiger partial charge in [0.05, 0.1) is 6.04 Å². The van der Waals surface area contributed by atoms with Gasteiger partial charge in [-0.15, -0.1) is 0 Å². The Balaban J connectivity index is 1.87. The summed E-state index contributed by atoms with van der Waals surface area (Å²) >= 11 is 0. The number of imide groups is 1. The van der Waals surface area contributed by atoms with Gasteiger partial charge in [0.1, 0.15) is 0 Å². The van der Waals surface area contributed by atoms with E-state index >= 15 is 0 Å². The van der Waals surface area contributed by atoms with Crippen LogP contribution in [0.25, 0.3) is 0 Å². The topological polar surface area (TPSA) is 66.5 Å². The third-order valence-corrected chi connectivity index (χ3v) is 3.54. The van der Waals surface area contributed by atoms with Crippen LogP contribution in [0.3, 0.4) is 0 Å². The summed E-state index contributed by atoms with van der Waals surface area (Å²) in [4.78, 5) is 35.7. The summed E-state index contributed by atoms with van der Waals surface area (Å²) in [7, 11) is 0. The van der Waals surface area contributed by atoms with E-state index in [1.54, 1.807) is 6.92 Å². The largest absolute Gasteiger partial charge is 0.350 e. The van der Waals surface area contributed by atoms with E-state index in [-0.39, 0.29) is 43.5 Å². The Morgan fingerprint density at radius 1 is 1.23 bits per heavy atom. The second-order valence-electron chi connectivity index (χ2n) is 5.15. The van der Waals surface area contributed by atoms with Gasteiger partial charge >= 0.3 is 0 Å². The number of hydrogen-bond donors (Lipinski definition) is 1. The minimum Gasteiger partial charge on any atom is -0.350 e. The Morgan fingerprint density at radius 2 is 1.86 bits per heavy atom. The molecule has 0 saturated carbocycles. The molecule has 1 N–H and O–H groups in total. The zero-order valence-electron chi connectivity index (χ0n) is 12.1. The first kappa shape index (κ1) is 16.1. The molecule has 1 saturated heterocycles. The minimum atomic E-state index is -0.980. The summed E-state index contributed by atoms with van der Waals surface area (Å²) in [6.07, 6.45) is 0.350. The lowest BCUT2D eigenvalue weighted by Crippen LogP contribution is -2.34. The van der Waals surface area contributed by atoms with Crippen molar-refractivity contribution in [1.29, 1.82) is 0 Å². The summed E-state index contributed by atoms with van der Waals surface area (Å²) in [5.74, 6) is -2.84. The van der Waals surface area contributed by atoms with E-state index < -0.39 is 17.7 Å². The van der Waals surface area contributed by atoms with Gasteiger partial charge in [-0.25, -0.2) is 8.78 Å². The predicted octanol–water partition coefficient (Wildman–Crippen LogP) is 1.68. The predicted molar refractivity (Wildman–Crippen MR) is 73.5 cm³/mol. The van der Waals surface area contributed by atoms with Crippen LogP contribution in [0.5, 0.6) is 0 Å². The molecule has 3 amide bonds. The average molecular weight is 310 g/mol. The summed E-state index contributed by atoms with van der Waals surface area (Å²) in [6, 6.07) is 2.90. The van der Waals surface area contributed by atoms with Crippen molar-refractivity contribution in [2.24, 2.45) is 0 Å². The second-order valence-corrected chi connectivity index (χ2v) is 5.15. The normalized spacial score (nSPS) is 16.0. The van der Waals surface area contributed by atoms with Crippen LogP contribution in [0.4, 0.5) is 8.78 Å². The summed E-state index contributed by atoms with van der Waals surface area (Å²) in [5, 5.41) is 2.62. The van der Waals surface area contributed by atoms with Crippen LogP contribution in [0, 0.1) is 11.6 Å². The number of nitrogens with zero attached hydrogens (tertiary/aromatic N) is 1. The molecule has 1 aromatic carbocycles. The van der Waals surface area contributed by atoms with E-state index in [2.05, 4.69) is 5.32 Å². The molecule has 1 aliphatic rings. The maximum atomic E-state index is 13.1. The minimum absolute atomic E-state index is 0.0223. The molecule has 0 aromatic heterocycles. The Bertz CT molecular complexity index is 603. The van der Waals surface area contributed by atoms with Crippen molar-refractivity contribution in [1.82, 2.24) is 10.2 Å². The Hall–Kier alpha value is -2.31. The molecular weight excluding hydrogens is 294 g/mol. The van der Waals surface area contributed by atoms with Crippen molar-refractivity contribution in [3.8, 4) is 0 Å². The monoisotopic (exact) mass is 310 g/mol. The molecular formula is C15H16F2N2O3. The average Bonchev–Trinajstić information content (AvgIpc) is 2.78. The van der Waals surface area contributed by atoms with Crippen LogP contribution in [-0.4, -0.2) is 29.2 Å². The molecule has 1 heterocycles. The number of amides is 3. The zero-order valence-corrected chi connectivity index (χ0v) is 12.1. The summed E-state index contributed by atoms with van der Waals surface area (Å²) in [6.45, 7) is 1.67. The number of rotatable bonds is 5. The maximum absolute atomic E-state index is 13.1. The lowest BCUT2D eigenvalue weighted by Gasteiger charge is -2.17. The molecule has 22 heavy (non-hydrogen) atoms. The van der Waals surface area contributed by atoms with Gasteiger partial charge in [0.2, 0.25) is 17.7 Å². The number of carbonyl (C=O) groups excluding carboxylic acids is 3. The molecule has 0 spiro atoms. The van der Waals surface area contributed by atoms with E-state index in [9.17, 15) is 23.2 Å². The molecule has 118 valence electrons. The highest BCUT2D eigenvalue weighted by Gasteiger charge is 2.28. The van der Waals surface area contributed by atoms with Gasteiger partial charge < -0.3 is 5.32 Å². The highest BCUT2D eigenvalue weighted by Crippen LogP contribution is 2.16. The zero-order chi connectivity index (χ0) is 16.3. The highest BCUT2D eigenvalue weighted by atomic mass is 19.2. The number of halogens is 2. The maximum Gasteiger partial charge on any atom is 0.229 e. The second kappa shape index (κ2) is 6.64. The molecule has 5 nitrogen and oxygen atoms in total. The van der Waals surface area contributed by atoms with E-state index in [1.807, 2.05) is 0 Å². The van der Waals surface area contributed by atoms with Gasteiger partial charge in [0.25, 0.3) is 0 Å². The SMILES string of the molecule is CC(NC(=O)CCN1C(=O)CCC1=O)c1ccc(F)c(F)c1. The van der Waals surface area contributed by atoms with Crippen LogP contribution in [0.1, 0.15) is 37.8 Å². The summed E-state index contributed by atoms with van der Waals surface area (Å²) < 4.78 is 26.0.